The van der Waals surface area contributed by atoms with Crippen LogP contribution >= 0.6 is 0 Å². The molecule has 1 heterocycles. The highest BCUT2D eigenvalue weighted by Crippen LogP contribution is 2.23. The average molecular weight is 216 g/mol. The predicted octanol–water partition coefficient (Wildman–Crippen LogP) is 2.93. The number of aromatic nitrogens is 1. The summed E-state index contributed by atoms with van der Waals surface area (Å²) in [4.78, 5) is 11.4. The van der Waals surface area contributed by atoms with E-state index in [1.165, 1.54) is 0 Å². The van der Waals surface area contributed by atoms with Gasteiger partial charge in [-0.05, 0) is 26.0 Å². The van der Waals surface area contributed by atoms with Crippen molar-refractivity contribution < 1.29 is 9.32 Å². The second kappa shape index (κ2) is 4.18. The second-order valence-corrected chi connectivity index (χ2v) is 3.52. The van der Waals surface area contributed by atoms with Crippen LogP contribution in [0.2, 0.25) is 0 Å². The number of aryl methyl sites for hydroxylation is 1. The second-order valence-electron chi connectivity index (χ2n) is 3.52. The van der Waals surface area contributed by atoms with Gasteiger partial charge in [0, 0.05) is 11.3 Å². The molecule has 0 amide bonds. The number of ketones is 1. The molecular weight excluding hydrogens is 204 g/mol. The van der Waals surface area contributed by atoms with Crippen molar-refractivity contribution in [3.8, 4) is 0 Å². The highest BCUT2D eigenvalue weighted by Gasteiger charge is 2.08. The molecule has 4 nitrogen and oxygen atoms in total. The summed E-state index contributed by atoms with van der Waals surface area (Å²) in [5.74, 6) is 0.718. The summed E-state index contributed by atoms with van der Waals surface area (Å²) in [6.45, 7) is 3.35. The topological polar surface area (TPSA) is 55.1 Å². The predicted molar refractivity (Wildman–Crippen MR) is 61.0 cm³/mol. The van der Waals surface area contributed by atoms with E-state index in [1.54, 1.807) is 19.2 Å². The molecule has 0 spiro atoms. The largest absolute Gasteiger partial charge is 0.359 e. The molecular formula is C12H12N2O2. The van der Waals surface area contributed by atoms with Crippen LogP contribution in [0.25, 0.3) is 0 Å². The van der Waals surface area contributed by atoms with E-state index in [1.807, 2.05) is 25.1 Å². The molecule has 4 heteroatoms. The standard InChI is InChI=1S/C12H12N2O2/c1-8(15)10-5-3-4-6-11(10)14-12-7-13-16-9(12)2/h3-7,14H,1-2H3. The Kier molecular flexibility index (Phi) is 2.72. The van der Waals surface area contributed by atoms with Gasteiger partial charge in [0.25, 0.3) is 0 Å². The number of hydrogen-bond acceptors (Lipinski definition) is 4. The van der Waals surface area contributed by atoms with Gasteiger partial charge in [-0.15, -0.1) is 0 Å². The number of nitrogens with zero attached hydrogens (tertiary/aromatic N) is 1. The molecule has 0 unspecified atom stereocenters. The Labute approximate surface area is 93.3 Å². The van der Waals surface area contributed by atoms with Crippen molar-refractivity contribution in [2.75, 3.05) is 5.32 Å². The maximum atomic E-state index is 11.4. The molecule has 82 valence electrons. The molecule has 1 aromatic carbocycles. The lowest BCUT2D eigenvalue weighted by Crippen LogP contribution is -1.99. The number of carbonyl (C=O) groups excluding carboxylic acids is 1. The fourth-order valence-corrected chi connectivity index (χ4v) is 1.46. The Balaban J connectivity index is 2.35. The number of benzene rings is 1. The lowest BCUT2D eigenvalue weighted by atomic mass is 10.1. The third-order valence-electron chi connectivity index (χ3n) is 2.33. The Morgan fingerprint density at radius 3 is 2.69 bits per heavy atom. The monoisotopic (exact) mass is 216 g/mol. The number of rotatable bonds is 3. The van der Waals surface area contributed by atoms with Gasteiger partial charge in [0.1, 0.15) is 5.69 Å². The Morgan fingerprint density at radius 1 is 1.31 bits per heavy atom. The number of hydrogen-bond donors (Lipinski definition) is 1. The molecule has 0 aliphatic heterocycles. The molecule has 0 fully saturated rings. The lowest BCUT2D eigenvalue weighted by molar-refractivity contribution is 0.101. The average Bonchev–Trinajstić information content (AvgIpc) is 2.65. The Morgan fingerprint density at radius 2 is 2.06 bits per heavy atom. The number of nitrogens with one attached hydrogen (secondary N) is 1. The highest BCUT2D eigenvalue weighted by atomic mass is 16.5. The third-order valence-corrected chi connectivity index (χ3v) is 2.33. The quantitative estimate of drug-likeness (QED) is 0.801. The van der Waals surface area contributed by atoms with E-state index in [9.17, 15) is 4.79 Å². The van der Waals surface area contributed by atoms with Gasteiger partial charge in [0.15, 0.2) is 11.5 Å². The van der Waals surface area contributed by atoms with Crippen LogP contribution in [0.4, 0.5) is 11.4 Å². The first-order valence-electron chi connectivity index (χ1n) is 4.97. The summed E-state index contributed by atoms with van der Waals surface area (Å²) in [7, 11) is 0. The number of carbonyl (C=O) groups is 1. The van der Waals surface area contributed by atoms with Gasteiger partial charge in [-0.25, -0.2) is 0 Å². The van der Waals surface area contributed by atoms with Crippen molar-refractivity contribution in [1.82, 2.24) is 5.16 Å². The summed E-state index contributed by atoms with van der Waals surface area (Å²) in [5, 5.41) is 6.80. The smallest absolute Gasteiger partial charge is 0.161 e. The zero-order valence-electron chi connectivity index (χ0n) is 9.15. The van der Waals surface area contributed by atoms with Crippen molar-refractivity contribution in [1.29, 1.82) is 0 Å². The lowest BCUT2D eigenvalue weighted by Gasteiger charge is -2.07. The first-order chi connectivity index (χ1) is 7.68. The number of anilines is 2. The van der Waals surface area contributed by atoms with E-state index in [2.05, 4.69) is 10.5 Å². The van der Waals surface area contributed by atoms with E-state index in [0.717, 1.165) is 11.4 Å². The van der Waals surface area contributed by atoms with E-state index in [-0.39, 0.29) is 5.78 Å². The molecule has 2 aromatic rings. The van der Waals surface area contributed by atoms with Crippen LogP contribution in [0.1, 0.15) is 23.0 Å². The van der Waals surface area contributed by atoms with Gasteiger partial charge in [0.05, 0.1) is 6.20 Å². The first-order valence-corrected chi connectivity index (χ1v) is 4.97. The minimum absolute atomic E-state index is 0.0252. The van der Waals surface area contributed by atoms with Crippen molar-refractivity contribution in [3.05, 3.63) is 41.8 Å². The molecule has 0 aliphatic rings. The third kappa shape index (κ3) is 1.95. The summed E-state index contributed by atoms with van der Waals surface area (Å²) in [6.07, 6.45) is 1.59. The molecule has 1 N–H and O–H groups in total. The maximum absolute atomic E-state index is 11.4. The number of para-hydroxylation sites is 1. The van der Waals surface area contributed by atoms with Gasteiger partial charge >= 0.3 is 0 Å². The van der Waals surface area contributed by atoms with Crippen molar-refractivity contribution in [2.45, 2.75) is 13.8 Å². The van der Waals surface area contributed by atoms with Gasteiger partial charge in [-0.3, -0.25) is 4.79 Å². The Bertz CT molecular complexity index is 517. The molecule has 0 radical (unpaired) electrons. The molecule has 0 saturated heterocycles. The molecule has 2 rings (SSSR count). The van der Waals surface area contributed by atoms with Crippen molar-refractivity contribution in [3.63, 3.8) is 0 Å². The highest BCUT2D eigenvalue weighted by molar-refractivity contribution is 6.00. The molecule has 0 atom stereocenters. The minimum Gasteiger partial charge on any atom is -0.359 e. The van der Waals surface area contributed by atoms with Crippen LogP contribution in [0, 0.1) is 6.92 Å². The van der Waals surface area contributed by atoms with Crippen molar-refractivity contribution >= 4 is 17.2 Å². The van der Waals surface area contributed by atoms with Crippen LogP contribution in [-0.4, -0.2) is 10.9 Å². The summed E-state index contributed by atoms with van der Waals surface area (Å²) >= 11 is 0. The van der Waals surface area contributed by atoms with Gasteiger partial charge in [-0.2, -0.15) is 0 Å². The van der Waals surface area contributed by atoms with E-state index >= 15 is 0 Å². The Hall–Kier alpha value is -2.10. The number of Topliss-reactive ketones (excluding diaryl/α,β-unsaturated/α-hetero) is 1. The summed E-state index contributed by atoms with van der Waals surface area (Å²) < 4.78 is 4.94. The van der Waals surface area contributed by atoms with Gasteiger partial charge < -0.3 is 9.84 Å². The summed E-state index contributed by atoms with van der Waals surface area (Å²) in [5.41, 5.74) is 2.19. The summed E-state index contributed by atoms with van der Waals surface area (Å²) in [6, 6.07) is 7.34. The normalized spacial score (nSPS) is 10.1. The van der Waals surface area contributed by atoms with Crippen LogP contribution < -0.4 is 5.32 Å². The molecule has 0 saturated carbocycles. The molecule has 1 aromatic heterocycles. The van der Waals surface area contributed by atoms with Crippen LogP contribution in [-0.2, 0) is 0 Å². The van der Waals surface area contributed by atoms with Gasteiger partial charge in [0.2, 0.25) is 0 Å². The van der Waals surface area contributed by atoms with E-state index in [0.29, 0.717) is 11.3 Å². The molecule has 0 aliphatic carbocycles. The molecule has 16 heavy (non-hydrogen) atoms. The van der Waals surface area contributed by atoms with Crippen LogP contribution in [0.3, 0.4) is 0 Å². The van der Waals surface area contributed by atoms with E-state index < -0.39 is 0 Å². The molecule has 0 bridgehead atoms. The van der Waals surface area contributed by atoms with Crippen LogP contribution in [0.15, 0.2) is 35.0 Å². The fraction of sp³-hybridized carbons (Fsp3) is 0.167. The first kappa shape index (κ1) is 10.4. The fourth-order valence-electron chi connectivity index (χ4n) is 1.46. The maximum Gasteiger partial charge on any atom is 0.161 e. The van der Waals surface area contributed by atoms with Crippen molar-refractivity contribution in [2.24, 2.45) is 0 Å². The zero-order valence-corrected chi connectivity index (χ0v) is 9.15. The van der Waals surface area contributed by atoms with E-state index in [4.69, 9.17) is 4.52 Å². The SMILES string of the molecule is CC(=O)c1ccccc1Nc1cnoc1C. The minimum atomic E-state index is 0.0252. The van der Waals surface area contributed by atoms with Crippen LogP contribution in [0.5, 0.6) is 0 Å². The van der Waals surface area contributed by atoms with Gasteiger partial charge in [-0.1, -0.05) is 17.3 Å². The zero-order chi connectivity index (χ0) is 11.5.